The largest absolute Gasteiger partial charge is 0.493 e. The van der Waals surface area contributed by atoms with Gasteiger partial charge in [0.15, 0.2) is 0 Å². The van der Waals surface area contributed by atoms with Gasteiger partial charge in [0.25, 0.3) is 0 Å². The summed E-state index contributed by atoms with van der Waals surface area (Å²) in [6, 6.07) is 15.0. The third kappa shape index (κ3) is 2.83. The average molecular weight is 298 g/mol. The zero-order valence-corrected chi connectivity index (χ0v) is 12.4. The van der Waals surface area contributed by atoms with Crippen molar-refractivity contribution >= 4 is 5.97 Å². The van der Waals surface area contributed by atoms with E-state index in [4.69, 9.17) is 9.47 Å². The first-order valence-corrected chi connectivity index (χ1v) is 7.26. The molecule has 0 fully saturated rings. The number of fused-ring (bicyclic) bond motifs is 1. The van der Waals surface area contributed by atoms with Gasteiger partial charge in [-0.3, -0.25) is 0 Å². The van der Waals surface area contributed by atoms with Crippen molar-refractivity contribution in [3.05, 3.63) is 65.2 Å². The Morgan fingerprint density at radius 2 is 2.05 bits per heavy atom. The quantitative estimate of drug-likeness (QED) is 0.885. The van der Waals surface area contributed by atoms with Crippen LogP contribution >= 0.6 is 0 Å². The number of carbonyl (C=O) groups excluding carboxylic acids is 1. The van der Waals surface area contributed by atoms with Gasteiger partial charge in [-0.15, -0.1) is 0 Å². The Balaban J connectivity index is 1.84. The number of rotatable bonds is 3. The van der Waals surface area contributed by atoms with Gasteiger partial charge in [-0.25, -0.2) is 4.79 Å². The Bertz CT molecular complexity index is 666. The molecule has 0 amide bonds. The summed E-state index contributed by atoms with van der Waals surface area (Å²) in [4.78, 5) is 11.6. The van der Waals surface area contributed by atoms with E-state index in [0.29, 0.717) is 23.5 Å². The van der Waals surface area contributed by atoms with Crippen LogP contribution in [0.1, 0.15) is 27.6 Å². The van der Waals surface area contributed by atoms with Crippen LogP contribution in [0.4, 0.5) is 0 Å². The predicted octanol–water partition coefficient (Wildman–Crippen LogP) is 2.76. The first-order valence-electron chi connectivity index (χ1n) is 7.26. The van der Waals surface area contributed by atoms with Gasteiger partial charge in [0.05, 0.1) is 25.4 Å². The number of aliphatic hydroxyl groups excluding tert-OH is 1. The molecule has 0 aromatic heterocycles. The van der Waals surface area contributed by atoms with Gasteiger partial charge in [-0.2, -0.15) is 0 Å². The van der Waals surface area contributed by atoms with Crippen LogP contribution in [-0.2, 0) is 11.2 Å². The molecule has 114 valence electrons. The summed E-state index contributed by atoms with van der Waals surface area (Å²) < 4.78 is 10.5. The number of ether oxygens (including phenoxy) is 2. The van der Waals surface area contributed by atoms with Crippen LogP contribution in [0, 0.1) is 5.92 Å². The number of hydrogen-bond donors (Lipinski definition) is 1. The van der Waals surface area contributed by atoms with Crippen molar-refractivity contribution in [2.75, 3.05) is 13.7 Å². The van der Waals surface area contributed by atoms with Gasteiger partial charge in [0.2, 0.25) is 0 Å². The van der Waals surface area contributed by atoms with Crippen molar-refractivity contribution in [1.29, 1.82) is 0 Å². The lowest BCUT2D eigenvalue weighted by molar-refractivity contribution is 0.0502. The van der Waals surface area contributed by atoms with Gasteiger partial charge in [0.1, 0.15) is 5.75 Å². The van der Waals surface area contributed by atoms with Crippen molar-refractivity contribution in [1.82, 2.24) is 0 Å². The van der Waals surface area contributed by atoms with Crippen LogP contribution < -0.4 is 4.74 Å². The summed E-state index contributed by atoms with van der Waals surface area (Å²) in [7, 11) is 1.34. The fourth-order valence-corrected chi connectivity index (χ4v) is 2.79. The van der Waals surface area contributed by atoms with Gasteiger partial charge in [-0.05, 0) is 30.2 Å². The van der Waals surface area contributed by atoms with E-state index in [1.165, 1.54) is 7.11 Å². The minimum atomic E-state index is -0.659. The molecule has 2 atom stereocenters. The van der Waals surface area contributed by atoms with Crippen LogP contribution in [0.15, 0.2) is 48.5 Å². The predicted molar refractivity (Wildman–Crippen MR) is 81.9 cm³/mol. The van der Waals surface area contributed by atoms with Crippen molar-refractivity contribution in [3.8, 4) is 5.75 Å². The average Bonchev–Trinajstić information content (AvgIpc) is 2.57. The monoisotopic (exact) mass is 298 g/mol. The minimum absolute atomic E-state index is 0.0391. The van der Waals surface area contributed by atoms with E-state index >= 15 is 0 Å². The number of hydrogen-bond acceptors (Lipinski definition) is 4. The normalized spacial score (nSPS) is 19.9. The molecule has 3 rings (SSSR count). The Morgan fingerprint density at radius 1 is 1.27 bits per heavy atom. The second kappa shape index (κ2) is 6.20. The molecule has 0 bridgehead atoms. The molecule has 0 saturated carbocycles. The maximum atomic E-state index is 11.6. The van der Waals surface area contributed by atoms with Gasteiger partial charge in [0, 0.05) is 11.5 Å². The SMILES string of the molecule is COC(=O)c1ccc2c(c1)C(O)C(Cc1ccccc1)CO2. The summed E-state index contributed by atoms with van der Waals surface area (Å²) in [5.41, 5.74) is 2.22. The van der Waals surface area contributed by atoms with Crippen LogP contribution in [0.2, 0.25) is 0 Å². The molecule has 1 heterocycles. The highest BCUT2D eigenvalue weighted by molar-refractivity contribution is 5.89. The first kappa shape index (κ1) is 14.6. The van der Waals surface area contributed by atoms with Crippen LogP contribution in [-0.4, -0.2) is 24.8 Å². The van der Waals surface area contributed by atoms with Crippen molar-refractivity contribution in [2.45, 2.75) is 12.5 Å². The topological polar surface area (TPSA) is 55.8 Å². The van der Waals surface area contributed by atoms with E-state index in [2.05, 4.69) is 0 Å². The molecular formula is C18H18O4. The minimum Gasteiger partial charge on any atom is -0.493 e. The number of aliphatic hydroxyl groups is 1. The maximum absolute atomic E-state index is 11.6. The maximum Gasteiger partial charge on any atom is 0.337 e. The van der Waals surface area contributed by atoms with Crippen molar-refractivity contribution in [2.24, 2.45) is 5.92 Å². The Labute approximate surface area is 129 Å². The molecule has 2 aromatic rings. The molecule has 1 aliphatic rings. The van der Waals surface area contributed by atoms with Crippen LogP contribution in [0.3, 0.4) is 0 Å². The lowest BCUT2D eigenvalue weighted by Crippen LogP contribution is -2.28. The van der Waals surface area contributed by atoms with E-state index < -0.39 is 12.1 Å². The third-order valence-electron chi connectivity index (χ3n) is 3.99. The van der Waals surface area contributed by atoms with E-state index in [0.717, 1.165) is 12.0 Å². The van der Waals surface area contributed by atoms with Gasteiger partial charge < -0.3 is 14.6 Å². The highest BCUT2D eigenvalue weighted by Gasteiger charge is 2.30. The van der Waals surface area contributed by atoms with E-state index in [1.54, 1.807) is 18.2 Å². The van der Waals surface area contributed by atoms with Crippen molar-refractivity contribution < 1.29 is 19.4 Å². The summed E-state index contributed by atoms with van der Waals surface area (Å²) in [6.45, 7) is 0.459. The Morgan fingerprint density at radius 3 is 2.77 bits per heavy atom. The second-order valence-corrected chi connectivity index (χ2v) is 5.45. The molecule has 0 aliphatic carbocycles. The molecule has 2 unspecified atom stereocenters. The molecule has 4 nitrogen and oxygen atoms in total. The number of carbonyl (C=O) groups is 1. The number of benzene rings is 2. The molecule has 0 radical (unpaired) electrons. The number of methoxy groups -OCH3 is 1. The summed E-state index contributed by atoms with van der Waals surface area (Å²) in [5, 5.41) is 10.6. The molecule has 2 aromatic carbocycles. The standard InChI is InChI=1S/C18H18O4/c1-21-18(20)13-7-8-16-15(10-13)17(19)14(11-22-16)9-12-5-3-2-4-6-12/h2-8,10,14,17,19H,9,11H2,1H3. The highest BCUT2D eigenvalue weighted by atomic mass is 16.5. The van der Waals surface area contributed by atoms with Crippen LogP contribution in [0.25, 0.3) is 0 Å². The third-order valence-corrected chi connectivity index (χ3v) is 3.99. The van der Waals surface area contributed by atoms with E-state index in [-0.39, 0.29) is 5.92 Å². The lowest BCUT2D eigenvalue weighted by Gasteiger charge is -2.30. The van der Waals surface area contributed by atoms with Crippen molar-refractivity contribution in [3.63, 3.8) is 0 Å². The zero-order chi connectivity index (χ0) is 15.5. The fourth-order valence-electron chi connectivity index (χ4n) is 2.79. The summed E-state index contributed by atoms with van der Waals surface area (Å²) in [5.74, 6) is 0.174. The van der Waals surface area contributed by atoms with E-state index in [1.807, 2.05) is 30.3 Å². The van der Waals surface area contributed by atoms with E-state index in [9.17, 15) is 9.90 Å². The highest BCUT2D eigenvalue weighted by Crippen LogP contribution is 2.37. The smallest absolute Gasteiger partial charge is 0.337 e. The molecule has 0 spiro atoms. The lowest BCUT2D eigenvalue weighted by atomic mass is 9.87. The zero-order valence-electron chi connectivity index (χ0n) is 12.4. The molecule has 4 heteroatoms. The molecule has 1 N–H and O–H groups in total. The molecule has 1 aliphatic heterocycles. The second-order valence-electron chi connectivity index (χ2n) is 5.45. The fraction of sp³-hybridized carbons (Fsp3) is 0.278. The molecular weight excluding hydrogens is 280 g/mol. The summed E-state index contributed by atoms with van der Waals surface area (Å²) >= 11 is 0. The Hall–Kier alpha value is -2.33. The van der Waals surface area contributed by atoms with Crippen LogP contribution in [0.5, 0.6) is 5.75 Å². The summed E-state index contributed by atoms with van der Waals surface area (Å²) in [6.07, 6.45) is 0.0674. The molecule has 22 heavy (non-hydrogen) atoms. The Kier molecular flexibility index (Phi) is 4.11. The van der Waals surface area contributed by atoms with Gasteiger partial charge >= 0.3 is 5.97 Å². The first-order chi connectivity index (χ1) is 10.7. The number of esters is 1. The van der Waals surface area contributed by atoms with Gasteiger partial charge in [-0.1, -0.05) is 30.3 Å². The molecule has 0 saturated heterocycles.